The van der Waals surface area contributed by atoms with Crippen LogP contribution in [0.5, 0.6) is 0 Å². The van der Waals surface area contributed by atoms with Crippen LogP contribution >= 0.6 is 0 Å². The predicted molar refractivity (Wildman–Crippen MR) is 25.2 cm³/mol. The maximum atomic E-state index is 9.64. The number of hydrogen-bond donors (Lipinski definition) is 3. The third-order valence-corrected chi connectivity index (χ3v) is 0.544. The molecule has 0 heterocycles. The molecule has 5 nitrogen and oxygen atoms in total. The summed E-state index contributed by atoms with van der Waals surface area (Å²) in [6.07, 6.45) is 0. The fourth-order valence-electron chi connectivity index (χ4n) is 0.0893. The molecule has 0 atom stereocenters. The van der Waals surface area contributed by atoms with Gasteiger partial charge in [0, 0.05) is 0 Å². The minimum absolute atomic E-state index is 0.576. The smallest absolute Gasteiger partial charge is 0.227 e. The van der Waals surface area contributed by atoms with Crippen molar-refractivity contribution in [2.75, 3.05) is 0 Å². The minimum atomic E-state index is -2.07. The molecule has 0 radical (unpaired) electrons. The van der Waals surface area contributed by atoms with Crippen molar-refractivity contribution in [2.45, 2.75) is 0 Å². The molecule has 0 bridgehead atoms. The zero-order chi connectivity index (χ0) is 5.86. The Labute approximate surface area is 41.8 Å². The van der Waals surface area contributed by atoms with Gasteiger partial charge in [0.05, 0.1) is 0 Å². The largest absolute Gasteiger partial charge is 0.367 e. The van der Waals surface area contributed by atoms with Crippen LogP contribution in [0.2, 0.25) is 0 Å². The van der Waals surface area contributed by atoms with Crippen molar-refractivity contribution in [2.24, 2.45) is 10.1 Å². The number of nitrogens with two attached hydrogens (primary N) is 1. The summed E-state index contributed by atoms with van der Waals surface area (Å²) in [5.74, 6) is -0.576. The molecule has 0 amide bonds. The highest BCUT2D eigenvalue weighted by molar-refractivity contribution is 7.63. The molecule has 7 heavy (non-hydrogen) atoms. The molecule has 0 saturated heterocycles. The van der Waals surface area contributed by atoms with Crippen LogP contribution in [0, 0.1) is 10.2 Å². The van der Waals surface area contributed by atoms with Gasteiger partial charge < -0.3 is 5.73 Å². The quantitative estimate of drug-likeness (QED) is 0.298. The maximum Gasteiger partial charge on any atom is 0.227 e. The topological polar surface area (TPSA) is 103 Å². The lowest BCUT2D eigenvalue weighted by Crippen LogP contribution is -2.03. The van der Waals surface area contributed by atoms with Crippen molar-refractivity contribution in [1.29, 1.82) is 10.2 Å². The molecule has 0 aliphatic heterocycles. The summed E-state index contributed by atoms with van der Waals surface area (Å²) in [7, 11) is -2.07. The van der Waals surface area contributed by atoms with Crippen LogP contribution in [-0.4, -0.2) is 10.2 Å². The van der Waals surface area contributed by atoms with E-state index >= 15 is 0 Å². The van der Waals surface area contributed by atoms with Gasteiger partial charge in [-0.25, -0.2) is 4.78 Å². The standard InChI is InChI=1S/CH4N4OS/c2-1(3)5-7(4)6/h4H,(H3,2,3). The Morgan fingerprint density at radius 1 is 1.86 bits per heavy atom. The van der Waals surface area contributed by atoms with E-state index in [1.807, 2.05) is 0 Å². The van der Waals surface area contributed by atoms with E-state index in [0.29, 0.717) is 0 Å². The van der Waals surface area contributed by atoms with Crippen LogP contribution in [0.15, 0.2) is 4.36 Å². The first kappa shape index (κ1) is 6.09. The summed E-state index contributed by atoms with van der Waals surface area (Å²) in [4.78, 5) is 0. The Morgan fingerprint density at radius 3 is 2.29 bits per heavy atom. The van der Waals surface area contributed by atoms with Crippen molar-refractivity contribution < 1.29 is 4.21 Å². The van der Waals surface area contributed by atoms with Crippen LogP contribution in [0.1, 0.15) is 0 Å². The zero-order valence-corrected chi connectivity index (χ0v) is 4.16. The number of nitrogens with zero attached hydrogens (tertiary/aromatic N) is 1. The molecule has 4 N–H and O–H groups in total. The van der Waals surface area contributed by atoms with E-state index in [4.69, 9.17) is 10.2 Å². The van der Waals surface area contributed by atoms with E-state index in [-0.39, 0.29) is 0 Å². The maximum absolute atomic E-state index is 9.64. The zero-order valence-electron chi connectivity index (χ0n) is 3.34. The molecule has 0 fully saturated rings. The van der Waals surface area contributed by atoms with Gasteiger partial charge in [-0.1, -0.05) is 0 Å². The molecule has 0 spiro atoms. The van der Waals surface area contributed by atoms with Crippen LogP contribution in [0.3, 0.4) is 0 Å². The van der Waals surface area contributed by atoms with E-state index < -0.39 is 16.4 Å². The molecule has 0 unspecified atom stereocenters. The van der Waals surface area contributed by atoms with Gasteiger partial charge in [0.15, 0.2) is 10.4 Å². The summed E-state index contributed by atoms with van der Waals surface area (Å²) >= 11 is 0. The molecule has 6 heteroatoms. The van der Waals surface area contributed by atoms with E-state index in [0.717, 1.165) is 0 Å². The number of guanidine groups is 1. The van der Waals surface area contributed by atoms with E-state index in [9.17, 15) is 4.21 Å². The van der Waals surface area contributed by atoms with Crippen LogP contribution in [-0.2, 0) is 10.4 Å². The predicted octanol–water partition coefficient (Wildman–Crippen LogP) is -0.425. The van der Waals surface area contributed by atoms with E-state index in [1.165, 1.54) is 0 Å². The Kier molecular flexibility index (Phi) is 2.00. The number of hydrogen-bond acceptors (Lipinski definition) is 3. The average molecular weight is 120 g/mol. The molecular formula is CH4N4OS. The second-order valence-electron chi connectivity index (χ2n) is 0.726. The second-order valence-corrected chi connectivity index (χ2v) is 1.41. The molecule has 40 valence electrons. The second kappa shape index (κ2) is 2.30. The van der Waals surface area contributed by atoms with Crippen molar-refractivity contribution in [3.8, 4) is 0 Å². The highest BCUT2D eigenvalue weighted by Gasteiger charge is 1.72. The summed E-state index contributed by atoms with van der Waals surface area (Å²) < 4.78 is 18.6. The highest BCUT2D eigenvalue weighted by atomic mass is 32.2. The van der Waals surface area contributed by atoms with Crippen molar-refractivity contribution in [1.82, 2.24) is 0 Å². The van der Waals surface area contributed by atoms with Crippen molar-refractivity contribution in [3.05, 3.63) is 0 Å². The van der Waals surface area contributed by atoms with Gasteiger partial charge in [0.1, 0.15) is 0 Å². The fourth-order valence-corrected chi connectivity index (χ4v) is 0.268. The van der Waals surface area contributed by atoms with Crippen LogP contribution in [0.25, 0.3) is 0 Å². The molecule has 0 rings (SSSR count). The average Bonchev–Trinajstić information content (AvgIpc) is 1.27. The molecule has 0 aromatic carbocycles. The molecular weight excluding hydrogens is 116 g/mol. The highest BCUT2D eigenvalue weighted by Crippen LogP contribution is 1.58. The van der Waals surface area contributed by atoms with Gasteiger partial charge in [-0.3, -0.25) is 5.41 Å². The van der Waals surface area contributed by atoms with Crippen LogP contribution < -0.4 is 5.73 Å². The molecule has 0 aliphatic carbocycles. The Balaban J connectivity index is 4.26. The fraction of sp³-hybridized carbons (Fsp3) is 0. The van der Waals surface area contributed by atoms with Gasteiger partial charge in [-0.05, 0) is 0 Å². The third kappa shape index (κ3) is 5.09. The van der Waals surface area contributed by atoms with Gasteiger partial charge in [0.2, 0.25) is 5.96 Å². The lowest BCUT2D eigenvalue weighted by atomic mass is 11.1. The molecule has 0 aliphatic rings. The summed E-state index contributed by atoms with van der Waals surface area (Å²) in [5.41, 5.74) is 4.60. The first-order chi connectivity index (χ1) is 3.13. The van der Waals surface area contributed by atoms with E-state index in [1.54, 1.807) is 0 Å². The Morgan fingerprint density at radius 2 is 2.29 bits per heavy atom. The van der Waals surface area contributed by atoms with Gasteiger partial charge in [-0.2, -0.15) is 4.21 Å². The van der Waals surface area contributed by atoms with Crippen molar-refractivity contribution >= 4 is 16.4 Å². The minimum Gasteiger partial charge on any atom is -0.367 e. The van der Waals surface area contributed by atoms with E-state index in [2.05, 4.69) is 10.1 Å². The first-order valence-electron chi connectivity index (χ1n) is 1.32. The third-order valence-electron chi connectivity index (χ3n) is 0.181. The van der Waals surface area contributed by atoms with Gasteiger partial charge >= 0.3 is 0 Å². The Hall–Kier alpha value is -0.910. The Bertz CT molecular complexity index is 180. The van der Waals surface area contributed by atoms with Gasteiger partial charge in [0.25, 0.3) is 0 Å². The summed E-state index contributed by atoms with van der Waals surface area (Å²) in [5, 5.41) is 6.32. The molecule has 0 saturated carbocycles. The SMILES string of the molecule is N=C(N)N=S(=N)=O. The first-order valence-corrected chi connectivity index (χ1v) is 2.42. The lowest BCUT2D eigenvalue weighted by molar-refractivity contribution is 0.692. The molecule has 0 aromatic rings. The molecule has 0 aromatic heterocycles. The normalized spacial score (nSPS) is 7.43. The summed E-state index contributed by atoms with van der Waals surface area (Å²) in [6.45, 7) is 0. The van der Waals surface area contributed by atoms with Crippen LogP contribution in [0.4, 0.5) is 0 Å². The van der Waals surface area contributed by atoms with Crippen molar-refractivity contribution in [3.63, 3.8) is 0 Å². The number of rotatable bonds is 0. The number of nitrogens with one attached hydrogen (secondary N) is 2. The lowest BCUT2D eigenvalue weighted by Gasteiger charge is -1.71. The summed E-state index contributed by atoms with van der Waals surface area (Å²) in [6, 6.07) is 0. The monoisotopic (exact) mass is 120 g/mol. The van der Waals surface area contributed by atoms with Gasteiger partial charge in [-0.15, -0.1) is 4.36 Å².